The Morgan fingerprint density at radius 1 is 1.06 bits per heavy atom. The van der Waals surface area contributed by atoms with E-state index in [1.54, 1.807) is 36.4 Å². The second-order valence-corrected chi connectivity index (χ2v) is 4.55. The number of carbonyl (C=O) groups is 1. The maximum atomic E-state index is 13.3. The van der Waals surface area contributed by atoms with Gasteiger partial charge in [-0.25, -0.2) is 4.39 Å². The Morgan fingerprint density at radius 3 is 2.44 bits per heavy atom. The van der Waals surface area contributed by atoms with E-state index < -0.39 is 0 Å². The van der Waals surface area contributed by atoms with Gasteiger partial charge in [0.15, 0.2) is 5.78 Å². The molecule has 0 saturated heterocycles. The molecule has 0 spiro atoms. The van der Waals surface area contributed by atoms with Gasteiger partial charge >= 0.3 is 0 Å². The SMILES string of the molecule is O=C(/C=C/c1ccccc1F)c1ccccc1Br. The summed E-state index contributed by atoms with van der Waals surface area (Å²) in [6.07, 6.45) is 2.86. The van der Waals surface area contributed by atoms with Crippen LogP contribution < -0.4 is 0 Å². The molecule has 18 heavy (non-hydrogen) atoms. The maximum Gasteiger partial charge on any atom is 0.186 e. The Morgan fingerprint density at radius 2 is 1.72 bits per heavy atom. The second kappa shape index (κ2) is 5.74. The van der Waals surface area contributed by atoms with Crippen LogP contribution in [-0.2, 0) is 0 Å². The molecule has 3 heteroatoms. The lowest BCUT2D eigenvalue weighted by atomic mass is 10.1. The molecular weight excluding hydrogens is 295 g/mol. The first-order chi connectivity index (χ1) is 8.68. The zero-order valence-corrected chi connectivity index (χ0v) is 11.0. The van der Waals surface area contributed by atoms with Crippen LogP contribution in [0, 0.1) is 5.82 Å². The molecule has 2 aromatic carbocycles. The minimum absolute atomic E-state index is 0.161. The van der Waals surface area contributed by atoms with Crippen LogP contribution in [-0.4, -0.2) is 5.78 Å². The van der Waals surface area contributed by atoms with E-state index in [0.29, 0.717) is 11.1 Å². The van der Waals surface area contributed by atoms with Crippen molar-refractivity contribution in [2.45, 2.75) is 0 Å². The quantitative estimate of drug-likeness (QED) is 0.603. The maximum absolute atomic E-state index is 13.3. The number of hydrogen-bond acceptors (Lipinski definition) is 1. The fourth-order valence-corrected chi connectivity index (χ4v) is 2.01. The summed E-state index contributed by atoms with van der Waals surface area (Å²) >= 11 is 3.31. The van der Waals surface area contributed by atoms with Gasteiger partial charge in [0, 0.05) is 15.6 Å². The normalized spacial score (nSPS) is 10.8. The number of carbonyl (C=O) groups excluding carboxylic acids is 1. The van der Waals surface area contributed by atoms with E-state index >= 15 is 0 Å². The molecule has 0 amide bonds. The molecule has 90 valence electrons. The van der Waals surface area contributed by atoms with Crippen molar-refractivity contribution in [2.24, 2.45) is 0 Å². The lowest BCUT2D eigenvalue weighted by Crippen LogP contribution is -1.95. The molecule has 0 saturated carbocycles. The van der Waals surface area contributed by atoms with Crippen LogP contribution >= 0.6 is 15.9 Å². The van der Waals surface area contributed by atoms with Gasteiger partial charge in [-0.15, -0.1) is 0 Å². The Labute approximate surface area is 113 Å². The molecule has 0 aliphatic heterocycles. The summed E-state index contributed by atoms with van der Waals surface area (Å²) in [7, 11) is 0. The van der Waals surface area contributed by atoms with Crippen LogP contribution in [0.25, 0.3) is 6.08 Å². The third kappa shape index (κ3) is 2.93. The lowest BCUT2D eigenvalue weighted by molar-refractivity contribution is 0.104. The van der Waals surface area contributed by atoms with Crippen molar-refractivity contribution in [1.29, 1.82) is 0 Å². The molecular formula is C15H10BrFO. The first kappa shape index (κ1) is 12.7. The molecule has 0 unspecified atom stereocenters. The number of rotatable bonds is 3. The average molecular weight is 305 g/mol. The monoisotopic (exact) mass is 304 g/mol. The van der Waals surface area contributed by atoms with Crippen molar-refractivity contribution in [3.63, 3.8) is 0 Å². The summed E-state index contributed by atoms with van der Waals surface area (Å²) in [6.45, 7) is 0. The number of halogens is 2. The Kier molecular flexibility index (Phi) is 4.05. The first-order valence-electron chi connectivity index (χ1n) is 5.40. The molecule has 0 aliphatic carbocycles. The van der Waals surface area contributed by atoms with Crippen LogP contribution in [0.5, 0.6) is 0 Å². The predicted molar refractivity (Wildman–Crippen MR) is 73.9 cm³/mol. The van der Waals surface area contributed by atoms with Crippen molar-refractivity contribution in [2.75, 3.05) is 0 Å². The first-order valence-corrected chi connectivity index (χ1v) is 6.19. The summed E-state index contributed by atoms with van der Waals surface area (Å²) in [6, 6.07) is 13.5. The molecule has 0 bridgehead atoms. The number of allylic oxidation sites excluding steroid dienone is 1. The third-order valence-electron chi connectivity index (χ3n) is 2.46. The summed E-state index contributed by atoms with van der Waals surface area (Å²) in [4.78, 5) is 11.9. The van der Waals surface area contributed by atoms with Crippen molar-refractivity contribution in [3.05, 3.63) is 76.0 Å². The molecule has 0 heterocycles. The highest BCUT2D eigenvalue weighted by Gasteiger charge is 2.05. The molecule has 2 rings (SSSR count). The third-order valence-corrected chi connectivity index (χ3v) is 3.15. The van der Waals surface area contributed by atoms with Gasteiger partial charge in [-0.2, -0.15) is 0 Å². The standard InChI is InChI=1S/C15H10BrFO/c16-13-7-3-2-6-12(13)15(18)10-9-11-5-1-4-8-14(11)17/h1-10H/b10-9+. The van der Waals surface area contributed by atoms with Gasteiger partial charge < -0.3 is 0 Å². The predicted octanol–water partition coefficient (Wildman–Crippen LogP) is 4.48. The van der Waals surface area contributed by atoms with Gasteiger partial charge in [0.2, 0.25) is 0 Å². The zero-order chi connectivity index (χ0) is 13.0. The van der Waals surface area contributed by atoms with Crippen molar-refractivity contribution >= 4 is 27.8 Å². The molecule has 0 atom stereocenters. The van der Waals surface area contributed by atoms with Crippen LogP contribution in [0.3, 0.4) is 0 Å². The van der Waals surface area contributed by atoms with Gasteiger partial charge in [0.25, 0.3) is 0 Å². The number of hydrogen-bond donors (Lipinski definition) is 0. The summed E-state index contributed by atoms with van der Waals surface area (Å²) < 4.78 is 14.1. The highest BCUT2D eigenvalue weighted by Crippen LogP contribution is 2.17. The minimum atomic E-state index is -0.339. The van der Waals surface area contributed by atoms with E-state index in [-0.39, 0.29) is 11.6 Å². The van der Waals surface area contributed by atoms with Gasteiger partial charge in [-0.3, -0.25) is 4.79 Å². The van der Waals surface area contributed by atoms with Crippen molar-refractivity contribution < 1.29 is 9.18 Å². The zero-order valence-electron chi connectivity index (χ0n) is 9.44. The average Bonchev–Trinajstić information content (AvgIpc) is 2.38. The Hall–Kier alpha value is -1.74. The Balaban J connectivity index is 2.23. The van der Waals surface area contributed by atoms with Crippen LogP contribution in [0.15, 0.2) is 59.1 Å². The topological polar surface area (TPSA) is 17.1 Å². The van der Waals surface area contributed by atoms with E-state index in [0.717, 1.165) is 4.47 Å². The summed E-state index contributed by atoms with van der Waals surface area (Å²) in [5, 5.41) is 0. The lowest BCUT2D eigenvalue weighted by Gasteiger charge is -1.99. The molecule has 0 radical (unpaired) electrons. The van der Waals surface area contributed by atoms with Crippen molar-refractivity contribution in [3.8, 4) is 0 Å². The van der Waals surface area contributed by atoms with Gasteiger partial charge in [-0.05, 0) is 30.4 Å². The number of benzene rings is 2. The van der Waals surface area contributed by atoms with Crippen LogP contribution in [0.2, 0.25) is 0 Å². The van der Waals surface area contributed by atoms with Crippen LogP contribution in [0.1, 0.15) is 15.9 Å². The number of ketones is 1. The highest BCUT2D eigenvalue weighted by atomic mass is 79.9. The molecule has 0 fully saturated rings. The van der Waals surface area contributed by atoms with Gasteiger partial charge in [-0.1, -0.05) is 46.3 Å². The van der Waals surface area contributed by atoms with Gasteiger partial charge in [0.1, 0.15) is 5.82 Å². The van der Waals surface area contributed by atoms with E-state index in [4.69, 9.17) is 0 Å². The van der Waals surface area contributed by atoms with Gasteiger partial charge in [0.05, 0.1) is 0 Å². The smallest absolute Gasteiger partial charge is 0.186 e. The second-order valence-electron chi connectivity index (χ2n) is 3.70. The molecule has 0 N–H and O–H groups in total. The van der Waals surface area contributed by atoms with E-state index in [9.17, 15) is 9.18 Å². The Bertz CT molecular complexity index is 605. The molecule has 0 aromatic heterocycles. The van der Waals surface area contributed by atoms with Crippen LogP contribution in [0.4, 0.5) is 4.39 Å². The molecule has 2 aromatic rings. The highest BCUT2D eigenvalue weighted by molar-refractivity contribution is 9.10. The summed E-state index contributed by atoms with van der Waals surface area (Å²) in [5.74, 6) is -0.501. The van der Waals surface area contributed by atoms with E-state index in [1.165, 1.54) is 18.2 Å². The fraction of sp³-hybridized carbons (Fsp3) is 0. The minimum Gasteiger partial charge on any atom is -0.289 e. The van der Waals surface area contributed by atoms with E-state index in [1.807, 2.05) is 6.07 Å². The van der Waals surface area contributed by atoms with Crippen molar-refractivity contribution in [1.82, 2.24) is 0 Å². The molecule has 1 nitrogen and oxygen atoms in total. The molecule has 0 aliphatic rings. The summed E-state index contributed by atoms with van der Waals surface area (Å²) in [5.41, 5.74) is 0.961. The van der Waals surface area contributed by atoms with E-state index in [2.05, 4.69) is 15.9 Å². The fourth-order valence-electron chi connectivity index (χ4n) is 1.53. The largest absolute Gasteiger partial charge is 0.289 e.